The molecule has 1 aliphatic rings. The van der Waals surface area contributed by atoms with Gasteiger partial charge in [-0.3, -0.25) is 9.48 Å². The first-order valence-electron chi connectivity index (χ1n) is 5.92. The highest BCUT2D eigenvalue weighted by Crippen LogP contribution is 2.07. The van der Waals surface area contributed by atoms with Crippen LogP contribution in [0.15, 0.2) is 12.4 Å². The molecule has 1 fully saturated rings. The number of carbonyl (C=O) groups excluding carboxylic acids is 1. The predicted octanol–water partition coefficient (Wildman–Crippen LogP) is 0.220. The molecule has 1 amide bonds. The van der Waals surface area contributed by atoms with E-state index < -0.39 is 0 Å². The molecular weight excluding hydrogens is 220 g/mol. The van der Waals surface area contributed by atoms with E-state index in [4.69, 9.17) is 4.74 Å². The maximum Gasteiger partial charge on any atom is 0.227 e. The summed E-state index contributed by atoms with van der Waals surface area (Å²) in [6.45, 7) is 5.07. The van der Waals surface area contributed by atoms with Gasteiger partial charge in [0.2, 0.25) is 5.91 Å². The van der Waals surface area contributed by atoms with E-state index in [9.17, 15) is 4.79 Å². The SMILES string of the molecule is CCn1cc(NC(=O)CC2CNCCO2)cn1. The number of anilines is 1. The van der Waals surface area contributed by atoms with Crippen LogP contribution in [0, 0.1) is 0 Å². The van der Waals surface area contributed by atoms with Crippen molar-refractivity contribution in [1.29, 1.82) is 0 Å². The molecule has 0 radical (unpaired) electrons. The van der Waals surface area contributed by atoms with E-state index in [0.717, 1.165) is 25.3 Å². The number of aryl methyl sites for hydroxylation is 1. The maximum atomic E-state index is 11.7. The van der Waals surface area contributed by atoms with Gasteiger partial charge in [-0.15, -0.1) is 0 Å². The van der Waals surface area contributed by atoms with Gasteiger partial charge in [-0.2, -0.15) is 5.10 Å². The van der Waals surface area contributed by atoms with Crippen LogP contribution in [-0.2, 0) is 16.1 Å². The molecule has 1 aromatic rings. The molecule has 1 aromatic heterocycles. The number of aromatic nitrogens is 2. The Morgan fingerprint density at radius 2 is 2.65 bits per heavy atom. The Balaban J connectivity index is 1.79. The van der Waals surface area contributed by atoms with E-state index in [1.807, 2.05) is 13.1 Å². The van der Waals surface area contributed by atoms with Crippen molar-refractivity contribution in [1.82, 2.24) is 15.1 Å². The second kappa shape index (κ2) is 5.79. The third-order valence-corrected chi connectivity index (χ3v) is 2.66. The zero-order chi connectivity index (χ0) is 12.1. The summed E-state index contributed by atoms with van der Waals surface area (Å²) in [4.78, 5) is 11.7. The monoisotopic (exact) mass is 238 g/mol. The maximum absolute atomic E-state index is 11.7. The highest BCUT2D eigenvalue weighted by atomic mass is 16.5. The van der Waals surface area contributed by atoms with Crippen molar-refractivity contribution in [2.75, 3.05) is 25.0 Å². The number of nitrogens with zero attached hydrogens (tertiary/aromatic N) is 2. The number of carbonyl (C=O) groups is 1. The predicted molar refractivity (Wildman–Crippen MR) is 63.8 cm³/mol. The Morgan fingerprint density at radius 1 is 1.76 bits per heavy atom. The summed E-state index contributed by atoms with van der Waals surface area (Å²) in [6, 6.07) is 0. The number of amides is 1. The van der Waals surface area contributed by atoms with Crippen LogP contribution in [0.4, 0.5) is 5.69 Å². The van der Waals surface area contributed by atoms with E-state index in [1.165, 1.54) is 0 Å². The highest BCUT2D eigenvalue weighted by molar-refractivity contribution is 5.90. The lowest BCUT2D eigenvalue weighted by Crippen LogP contribution is -2.40. The van der Waals surface area contributed by atoms with Crippen LogP contribution in [0.2, 0.25) is 0 Å². The molecule has 17 heavy (non-hydrogen) atoms. The summed E-state index contributed by atoms with van der Waals surface area (Å²) in [6.07, 6.45) is 3.83. The standard InChI is InChI=1S/C11H18N4O2/c1-2-15-8-9(6-13-15)14-11(16)5-10-7-12-3-4-17-10/h6,8,10,12H,2-5,7H2,1H3,(H,14,16). The average Bonchev–Trinajstić information content (AvgIpc) is 2.78. The first-order chi connectivity index (χ1) is 8.28. The third-order valence-electron chi connectivity index (χ3n) is 2.66. The molecular formula is C11H18N4O2. The molecule has 0 bridgehead atoms. The van der Waals surface area contributed by atoms with Gasteiger partial charge in [0, 0.05) is 25.8 Å². The lowest BCUT2D eigenvalue weighted by Gasteiger charge is -2.22. The lowest BCUT2D eigenvalue weighted by molar-refractivity contribution is -0.119. The number of hydrogen-bond acceptors (Lipinski definition) is 4. The largest absolute Gasteiger partial charge is 0.375 e. The highest BCUT2D eigenvalue weighted by Gasteiger charge is 2.17. The lowest BCUT2D eigenvalue weighted by atomic mass is 10.2. The smallest absolute Gasteiger partial charge is 0.227 e. The fraction of sp³-hybridized carbons (Fsp3) is 0.636. The summed E-state index contributed by atoms with van der Waals surface area (Å²) in [5, 5.41) is 10.1. The van der Waals surface area contributed by atoms with Crippen molar-refractivity contribution in [2.24, 2.45) is 0 Å². The van der Waals surface area contributed by atoms with Crippen molar-refractivity contribution in [3.63, 3.8) is 0 Å². The van der Waals surface area contributed by atoms with Gasteiger partial charge in [-0.25, -0.2) is 0 Å². The Bertz CT molecular complexity index is 371. The molecule has 0 spiro atoms. The molecule has 6 nitrogen and oxygen atoms in total. The summed E-state index contributed by atoms with van der Waals surface area (Å²) in [5.41, 5.74) is 0.737. The van der Waals surface area contributed by atoms with Crippen molar-refractivity contribution < 1.29 is 9.53 Å². The van der Waals surface area contributed by atoms with E-state index in [0.29, 0.717) is 13.0 Å². The average molecular weight is 238 g/mol. The van der Waals surface area contributed by atoms with Crippen molar-refractivity contribution in [3.8, 4) is 0 Å². The van der Waals surface area contributed by atoms with Gasteiger partial charge in [0.15, 0.2) is 0 Å². The fourth-order valence-electron chi connectivity index (χ4n) is 1.77. The molecule has 1 aliphatic heterocycles. The van der Waals surface area contributed by atoms with Gasteiger partial charge in [-0.05, 0) is 6.92 Å². The second-order valence-corrected chi connectivity index (χ2v) is 4.03. The second-order valence-electron chi connectivity index (χ2n) is 4.03. The van der Waals surface area contributed by atoms with Crippen LogP contribution in [0.25, 0.3) is 0 Å². The molecule has 2 heterocycles. The topological polar surface area (TPSA) is 68.2 Å². The van der Waals surface area contributed by atoms with E-state index in [2.05, 4.69) is 15.7 Å². The van der Waals surface area contributed by atoms with Crippen LogP contribution in [0.1, 0.15) is 13.3 Å². The number of morpholine rings is 1. The summed E-state index contributed by atoms with van der Waals surface area (Å²) in [7, 11) is 0. The number of nitrogens with one attached hydrogen (secondary N) is 2. The van der Waals surface area contributed by atoms with Crippen molar-refractivity contribution in [3.05, 3.63) is 12.4 Å². The number of ether oxygens (including phenoxy) is 1. The van der Waals surface area contributed by atoms with E-state index >= 15 is 0 Å². The minimum atomic E-state index is -0.0330. The number of rotatable bonds is 4. The van der Waals surface area contributed by atoms with Crippen LogP contribution < -0.4 is 10.6 Å². The molecule has 94 valence electrons. The Labute approximate surface area is 100 Å². The van der Waals surface area contributed by atoms with E-state index in [-0.39, 0.29) is 12.0 Å². The molecule has 1 atom stereocenters. The van der Waals surface area contributed by atoms with Crippen LogP contribution >= 0.6 is 0 Å². The normalized spacial score (nSPS) is 20.2. The minimum Gasteiger partial charge on any atom is -0.375 e. The first kappa shape index (κ1) is 12.1. The van der Waals surface area contributed by atoms with Gasteiger partial charge < -0.3 is 15.4 Å². The van der Waals surface area contributed by atoms with E-state index in [1.54, 1.807) is 10.9 Å². The van der Waals surface area contributed by atoms with Crippen molar-refractivity contribution in [2.45, 2.75) is 26.0 Å². The minimum absolute atomic E-state index is 0.0232. The van der Waals surface area contributed by atoms with Gasteiger partial charge in [0.1, 0.15) is 0 Å². The van der Waals surface area contributed by atoms with Gasteiger partial charge in [-0.1, -0.05) is 0 Å². The Kier molecular flexibility index (Phi) is 4.11. The van der Waals surface area contributed by atoms with Crippen LogP contribution in [0.3, 0.4) is 0 Å². The zero-order valence-corrected chi connectivity index (χ0v) is 9.98. The fourth-order valence-corrected chi connectivity index (χ4v) is 1.77. The van der Waals surface area contributed by atoms with Gasteiger partial charge >= 0.3 is 0 Å². The summed E-state index contributed by atoms with van der Waals surface area (Å²) >= 11 is 0. The summed E-state index contributed by atoms with van der Waals surface area (Å²) in [5.74, 6) is -0.0330. The zero-order valence-electron chi connectivity index (χ0n) is 9.98. The number of hydrogen-bond donors (Lipinski definition) is 2. The molecule has 0 aromatic carbocycles. The molecule has 2 rings (SSSR count). The van der Waals surface area contributed by atoms with Gasteiger partial charge in [0.05, 0.1) is 31.0 Å². The molecule has 2 N–H and O–H groups in total. The third kappa shape index (κ3) is 3.54. The Hall–Kier alpha value is -1.40. The quantitative estimate of drug-likeness (QED) is 0.787. The molecule has 0 aliphatic carbocycles. The molecule has 6 heteroatoms. The Morgan fingerprint density at radius 3 is 3.29 bits per heavy atom. The molecule has 0 saturated carbocycles. The molecule has 1 saturated heterocycles. The first-order valence-corrected chi connectivity index (χ1v) is 5.92. The molecule has 1 unspecified atom stereocenters. The van der Waals surface area contributed by atoms with Crippen molar-refractivity contribution >= 4 is 11.6 Å². The van der Waals surface area contributed by atoms with Crippen LogP contribution in [0.5, 0.6) is 0 Å². The van der Waals surface area contributed by atoms with Gasteiger partial charge in [0.25, 0.3) is 0 Å². The summed E-state index contributed by atoms with van der Waals surface area (Å²) < 4.78 is 7.24. The van der Waals surface area contributed by atoms with Crippen LogP contribution in [-0.4, -0.2) is 41.5 Å².